The first-order valence-electron chi connectivity index (χ1n) is 12.1. The highest BCUT2D eigenvalue weighted by atomic mass is 19.1. The topological polar surface area (TPSA) is 56.1 Å². The molecule has 34 heavy (non-hydrogen) atoms. The van der Waals surface area contributed by atoms with Gasteiger partial charge in [0.1, 0.15) is 17.4 Å². The molecule has 1 aliphatic carbocycles. The number of hydrogen-bond acceptors (Lipinski definition) is 4. The molecule has 4 rings (SSSR count). The van der Waals surface area contributed by atoms with Gasteiger partial charge in [-0.1, -0.05) is 59.4 Å². The first-order valence-corrected chi connectivity index (χ1v) is 12.1. The summed E-state index contributed by atoms with van der Waals surface area (Å²) in [6.45, 7) is 8.25. The Morgan fingerprint density at radius 2 is 1.71 bits per heavy atom. The number of nitrogens with one attached hydrogen (secondary N) is 1. The fourth-order valence-electron chi connectivity index (χ4n) is 3.59. The van der Waals surface area contributed by atoms with Crippen LogP contribution < -0.4 is 10.1 Å². The van der Waals surface area contributed by atoms with E-state index in [0.29, 0.717) is 6.04 Å². The first kappa shape index (κ1) is 29.1. The average molecular weight is 476 g/mol. The number of benzene rings is 2. The van der Waals surface area contributed by atoms with E-state index < -0.39 is 17.2 Å². The van der Waals surface area contributed by atoms with E-state index in [1.807, 2.05) is 27.0 Å². The zero-order valence-electron chi connectivity index (χ0n) is 21.3. The molecule has 0 amide bonds. The standard InChI is InChI=1S/C15H21N3O.C7H4F2O.C3H8.C2H6/c1-16-14-8-11-10-18(12-6-4-3-5-7-12)17-13(11)9-15(14)19-2;8-6-2-1-3-7(9)5(6)4-10;1-3-2;1-2/h8-10,12,16H,3-7H2,1-2H3;1-4H;3H2,1-2H3;1-2H3. The Balaban J connectivity index is 0.000000325. The van der Waals surface area contributed by atoms with Crippen molar-refractivity contribution in [1.29, 1.82) is 0 Å². The summed E-state index contributed by atoms with van der Waals surface area (Å²) in [7, 11) is 3.61. The molecule has 0 saturated heterocycles. The van der Waals surface area contributed by atoms with Gasteiger partial charge in [0.05, 0.1) is 29.9 Å². The van der Waals surface area contributed by atoms with Gasteiger partial charge in [-0.3, -0.25) is 9.48 Å². The second-order valence-corrected chi connectivity index (χ2v) is 7.72. The highest BCUT2D eigenvalue weighted by molar-refractivity contribution is 5.85. The van der Waals surface area contributed by atoms with Crippen LogP contribution in [0.3, 0.4) is 0 Å². The predicted octanol–water partition coefficient (Wildman–Crippen LogP) is 7.81. The third-order valence-corrected chi connectivity index (χ3v) is 5.18. The number of ether oxygens (including phenoxy) is 1. The number of aldehydes is 1. The number of methoxy groups -OCH3 is 1. The van der Waals surface area contributed by atoms with Gasteiger partial charge in [0.15, 0.2) is 6.29 Å². The highest BCUT2D eigenvalue weighted by Crippen LogP contribution is 2.32. The van der Waals surface area contributed by atoms with Gasteiger partial charge in [0.25, 0.3) is 0 Å². The number of carbonyl (C=O) groups excluding carboxylic acids is 1. The van der Waals surface area contributed by atoms with Gasteiger partial charge in [0, 0.05) is 24.7 Å². The molecule has 3 aromatic rings. The summed E-state index contributed by atoms with van der Waals surface area (Å²) in [5, 5.41) is 9.07. The Labute approximate surface area is 202 Å². The Morgan fingerprint density at radius 3 is 2.18 bits per heavy atom. The van der Waals surface area contributed by atoms with E-state index in [2.05, 4.69) is 36.1 Å². The molecule has 0 unspecified atom stereocenters. The number of anilines is 1. The van der Waals surface area contributed by atoms with E-state index in [1.165, 1.54) is 50.0 Å². The van der Waals surface area contributed by atoms with Crippen molar-refractivity contribution in [2.75, 3.05) is 19.5 Å². The average Bonchev–Trinajstić information content (AvgIpc) is 3.29. The van der Waals surface area contributed by atoms with Gasteiger partial charge in [-0.2, -0.15) is 5.10 Å². The lowest BCUT2D eigenvalue weighted by Crippen LogP contribution is -2.12. The molecule has 5 nitrogen and oxygen atoms in total. The van der Waals surface area contributed by atoms with Crippen molar-refractivity contribution in [3.8, 4) is 5.75 Å². The number of carbonyl (C=O) groups is 1. The zero-order valence-corrected chi connectivity index (χ0v) is 21.3. The van der Waals surface area contributed by atoms with E-state index in [0.717, 1.165) is 29.1 Å². The summed E-state index contributed by atoms with van der Waals surface area (Å²) in [5.74, 6) is -0.797. The van der Waals surface area contributed by atoms with Crippen molar-refractivity contribution >= 4 is 22.9 Å². The van der Waals surface area contributed by atoms with Crippen LogP contribution in [-0.4, -0.2) is 30.2 Å². The van der Waals surface area contributed by atoms with Crippen LogP contribution in [0.4, 0.5) is 14.5 Å². The van der Waals surface area contributed by atoms with Crippen molar-refractivity contribution in [2.24, 2.45) is 0 Å². The maximum Gasteiger partial charge on any atom is 0.155 e. The number of rotatable bonds is 4. The quantitative estimate of drug-likeness (QED) is 0.391. The van der Waals surface area contributed by atoms with Crippen LogP contribution in [0.1, 0.15) is 82.6 Å². The van der Waals surface area contributed by atoms with Crippen molar-refractivity contribution < 1.29 is 18.3 Å². The van der Waals surface area contributed by atoms with Gasteiger partial charge in [-0.25, -0.2) is 8.78 Å². The van der Waals surface area contributed by atoms with Gasteiger partial charge in [0.2, 0.25) is 0 Å². The largest absolute Gasteiger partial charge is 0.495 e. The summed E-state index contributed by atoms with van der Waals surface area (Å²) in [6, 6.07) is 7.98. The third-order valence-electron chi connectivity index (χ3n) is 5.18. The Bertz CT molecular complexity index is 938. The highest BCUT2D eigenvalue weighted by Gasteiger charge is 2.17. The normalized spacial score (nSPS) is 12.8. The maximum absolute atomic E-state index is 12.4. The van der Waals surface area contributed by atoms with Crippen molar-refractivity contribution in [3.05, 3.63) is 53.7 Å². The summed E-state index contributed by atoms with van der Waals surface area (Å²) in [6.07, 6.45) is 10.1. The Morgan fingerprint density at radius 1 is 1.12 bits per heavy atom. The number of nitrogens with zero attached hydrogens (tertiary/aromatic N) is 2. The van der Waals surface area contributed by atoms with Gasteiger partial charge in [-0.15, -0.1) is 0 Å². The summed E-state index contributed by atoms with van der Waals surface area (Å²) in [4.78, 5) is 9.97. The lowest BCUT2D eigenvalue weighted by Gasteiger charge is -2.21. The van der Waals surface area contributed by atoms with E-state index in [9.17, 15) is 13.6 Å². The molecule has 0 radical (unpaired) electrons. The van der Waals surface area contributed by atoms with Crippen LogP contribution in [0, 0.1) is 11.6 Å². The predicted molar refractivity (Wildman–Crippen MR) is 137 cm³/mol. The molecular weight excluding hydrogens is 436 g/mol. The molecule has 0 spiro atoms. The lowest BCUT2D eigenvalue weighted by atomic mass is 9.96. The molecule has 7 heteroatoms. The SMILES string of the molecule is CC.CCC.CNc1cc2cn(C3CCCCC3)nc2cc1OC.O=Cc1c(F)cccc1F. The van der Waals surface area contributed by atoms with Gasteiger partial charge < -0.3 is 10.1 Å². The molecule has 188 valence electrons. The van der Waals surface area contributed by atoms with Crippen LogP contribution in [0.15, 0.2) is 36.5 Å². The minimum absolute atomic E-state index is 0.157. The van der Waals surface area contributed by atoms with Crippen LogP contribution in [0.25, 0.3) is 10.9 Å². The van der Waals surface area contributed by atoms with Crippen LogP contribution >= 0.6 is 0 Å². The monoisotopic (exact) mass is 475 g/mol. The van der Waals surface area contributed by atoms with E-state index in [4.69, 9.17) is 9.84 Å². The first-order chi connectivity index (χ1) is 16.5. The fourth-order valence-corrected chi connectivity index (χ4v) is 3.59. The molecular formula is C27H39F2N3O2. The number of aromatic nitrogens is 2. The molecule has 1 aromatic heterocycles. The van der Waals surface area contributed by atoms with Gasteiger partial charge in [-0.05, 0) is 31.0 Å². The molecule has 1 aliphatic rings. The van der Waals surface area contributed by atoms with Crippen LogP contribution in [-0.2, 0) is 0 Å². The maximum atomic E-state index is 12.4. The zero-order chi connectivity index (χ0) is 25.5. The van der Waals surface area contributed by atoms with Crippen molar-refractivity contribution in [3.63, 3.8) is 0 Å². The van der Waals surface area contributed by atoms with Crippen LogP contribution in [0.2, 0.25) is 0 Å². The summed E-state index contributed by atoms with van der Waals surface area (Å²) >= 11 is 0. The summed E-state index contributed by atoms with van der Waals surface area (Å²) in [5.41, 5.74) is 1.52. The lowest BCUT2D eigenvalue weighted by molar-refractivity contribution is 0.111. The molecule has 0 aliphatic heterocycles. The van der Waals surface area contributed by atoms with E-state index >= 15 is 0 Å². The van der Waals surface area contributed by atoms with E-state index in [1.54, 1.807) is 7.11 Å². The molecule has 1 saturated carbocycles. The molecule has 0 atom stereocenters. The minimum Gasteiger partial charge on any atom is -0.495 e. The van der Waals surface area contributed by atoms with Crippen LogP contribution in [0.5, 0.6) is 5.75 Å². The Kier molecular flexibility index (Phi) is 13.5. The van der Waals surface area contributed by atoms with Crippen molar-refractivity contribution in [2.45, 2.75) is 72.3 Å². The van der Waals surface area contributed by atoms with Crippen molar-refractivity contribution in [1.82, 2.24) is 9.78 Å². The Hall–Kier alpha value is -2.96. The number of hydrogen-bond donors (Lipinski definition) is 1. The molecule has 0 bridgehead atoms. The minimum atomic E-state index is -0.824. The molecule has 1 fully saturated rings. The second kappa shape index (κ2) is 15.8. The summed E-state index contributed by atoms with van der Waals surface area (Å²) < 4.78 is 32.3. The second-order valence-electron chi connectivity index (χ2n) is 7.72. The van der Waals surface area contributed by atoms with Gasteiger partial charge >= 0.3 is 0 Å². The fraction of sp³-hybridized carbons (Fsp3) is 0.481. The number of fused-ring (bicyclic) bond motifs is 1. The molecule has 2 aromatic carbocycles. The van der Waals surface area contributed by atoms with E-state index in [-0.39, 0.29) is 6.29 Å². The number of halogens is 2. The third kappa shape index (κ3) is 8.12. The smallest absolute Gasteiger partial charge is 0.155 e. The molecule has 1 N–H and O–H groups in total. The molecule has 1 heterocycles.